The van der Waals surface area contributed by atoms with Gasteiger partial charge in [0, 0.05) is 5.56 Å². The molecular weight excluding hydrogens is 451 g/mol. The van der Waals surface area contributed by atoms with Crippen LogP contribution in [0, 0.1) is 12.7 Å². The van der Waals surface area contributed by atoms with Crippen LogP contribution in [0.5, 0.6) is 0 Å². The fraction of sp³-hybridized carbons (Fsp3) is 0.0333. The molecule has 0 saturated carbocycles. The molecule has 0 aliphatic rings. The average molecular weight is 475 g/mol. The molecule has 1 heterocycles. The van der Waals surface area contributed by atoms with Crippen molar-refractivity contribution in [3.05, 3.63) is 132 Å². The zero-order valence-corrected chi connectivity index (χ0v) is 19.6. The van der Waals surface area contributed by atoms with E-state index in [1.807, 2.05) is 61.5 Å². The second-order valence-corrected chi connectivity index (χ2v) is 8.31. The van der Waals surface area contributed by atoms with E-state index in [-0.39, 0.29) is 11.5 Å². The van der Waals surface area contributed by atoms with Crippen LogP contribution in [-0.2, 0) is 0 Å². The smallest absolute Gasteiger partial charge is 0.265 e. The van der Waals surface area contributed by atoms with E-state index in [0.29, 0.717) is 5.56 Å². The first-order valence-corrected chi connectivity index (χ1v) is 11.5. The number of aryl methyl sites for hydroxylation is 1. The zero-order chi connectivity index (χ0) is 24.9. The Hall–Kier alpha value is -4.84. The van der Waals surface area contributed by atoms with Gasteiger partial charge in [0.15, 0.2) is 5.69 Å². The molecule has 1 N–H and O–H groups in total. The van der Waals surface area contributed by atoms with Crippen LogP contribution in [0.25, 0.3) is 28.1 Å². The molecule has 36 heavy (non-hydrogen) atoms. The molecule has 0 unspecified atom stereocenters. The lowest BCUT2D eigenvalue weighted by Gasteiger charge is -2.11. The third-order valence-corrected chi connectivity index (χ3v) is 5.82. The minimum absolute atomic E-state index is 0.233. The number of nitrogens with one attached hydrogen (secondary N) is 1. The second-order valence-electron chi connectivity index (χ2n) is 8.31. The SMILES string of the molecule is Cc1ccccc1-n1nc(C(=O)N/N=C\c2ccc(F)cc2)cc1-c1ccc(-c2ccccc2)cc1. The van der Waals surface area contributed by atoms with Gasteiger partial charge in [-0.2, -0.15) is 10.2 Å². The van der Waals surface area contributed by atoms with Crippen LogP contribution < -0.4 is 5.43 Å². The summed E-state index contributed by atoms with van der Waals surface area (Å²) in [5.41, 5.74) is 9.29. The first kappa shape index (κ1) is 22.9. The Morgan fingerprint density at radius 3 is 2.19 bits per heavy atom. The van der Waals surface area contributed by atoms with Crippen molar-refractivity contribution in [2.75, 3.05) is 0 Å². The van der Waals surface area contributed by atoms with E-state index in [4.69, 9.17) is 0 Å². The highest BCUT2D eigenvalue weighted by atomic mass is 19.1. The molecule has 0 aliphatic carbocycles. The Kier molecular flexibility index (Phi) is 6.49. The monoisotopic (exact) mass is 474 g/mol. The number of hydrogen-bond acceptors (Lipinski definition) is 3. The maximum atomic E-state index is 13.1. The molecule has 5 aromatic rings. The van der Waals surface area contributed by atoms with E-state index in [0.717, 1.165) is 33.6 Å². The van der Waals surface area contributed by atoms with Crippen molar-refractivity contribution in [1.29, 1.82) is 0 Å². The van der Waals surface area contributed by atoms with Crippen molar-refractivity contribution in [3.63, 3.8) is 0 Å². The fourth-order valence-corrected chi connectivity index (χ4v) is 3.92. The number of benzene rings is 4. The lowest BCUT2D eigenvalue weighted by atomic mass is 10.0. The predicted octanol–water partition coefficient (Wildman–Crippen LogP) is 6.42. The number of para-hydroxylation sites is 1. The summed E-state index contributed by atoms with van der Waals surface area (Å²) in [4.78, 5) is 12.9. The van der Waals surface area contributed by atoms with Crippen molar-refractivity contribution >= 4 is 12.1 Å². The molecule has 0 atom stereocenters. The quantitative estimate of drug-likeness (QED) is 0.228. The Morgan fingerprint density at radius 1 is 0.833 bits per heavy atom. The molecule has 0 bridgehead atoms. The van der Waals surface area contributed by atoms with Gasteiger partial charge in [-0.3, -0.25) is 4.79 Å². The summed E-state index contributed by atoms with van der Waals surface area (Å²) >= 11 is 0. The minimum Gasteiger partial charge on any atom is -0.265 e. The van der Waals surface area contributed by atoms with Crippen molar-refractivity contribution < 1.29 is 9.18 Å². The Morgan fingerprint density at radius 2 is 1.47 bits per heavy atom. The molecule has 0 aliphatic heterocycles. The summed E-state index contributed by atoms with van der Waals surface area (Å²) in [6.07, 6.45) is 1.46. The third-order valence-electron chi connectivity index (χ3n) is 5.82. The maximum absolute atomic E-state index is 13.1. The van der Waals surface area contributed by atoms with Gasteiger partial charge < -0.3 is 0 Å². The highest BCUT2D eigenvalue weighted by Gasteiger charge is 2.17. The highest BCUT2D eigenvalue weighted by Crippen LogP contribution is 2.28. The van der Waals surface area contributed by atoms with Crippen molar-refractivity contribution in [2.24, 2.45) is 5.10 Å². The standard InChI is InChI=1S/C30H23FN4O/c1-21-7-5-6-10-28(21)35-29(25-15-13-24(14-16-25)23-8-3-2-4-9-23)19-27(34-35)30(36)33-32-20-22-11-17-26(31)18-12-22/h2-20H,1H3,(H,33,36)/b32-20-. The number of carbonyl (C=O) groups excluding carboxylic acids is 1. The molecule has 5 rings (SSSR count). The number of hydrogen-bond donors (Lipinski definition) is 1. The first-order valence-electron chi connectivity index (χ1n) is 11.5. The molecular formula is C30H23FN4O. The Labute approximate surface area is 208 Å². The minimum atomic E-state index is -0.442. The van der Waals surface area contributed by atoms with Gasteiger partial charge in [0.1, 0.15) is 5.82 Å². The largest absolute Gasteiger partial charge is 0.291 e. The van der Waals surface area contributed by atoms with Gasteiger partial charge >= 0.3 is 0 Å². The van der Waals surface area contributed by atoms with Crippen LogP contribution in [-0.4, -0.2) is 21.9 Å². The van der Waals surface area contributed by atoms with Crippen LogP contribution in [0.2, 0.25) is 0 Å². The maximum Gasteiger partial charge on any atom is 0.291 e. The molecule has 1 aromatic heterocycles. The van der Waals surface area contributed by atoms with Gasteiger partial charge in [-0.05, 0) is 53.4 Å². The Balaban J connectivity index is 1.46. The van der Waals surface area contributed by atoms with Gasteiger partial charge in [-0.25, -0.2) is 14.5 Å². The molecule has 176 valence electrons. The summed E-state index contributed by atoms with van der Waals surface area (Å²) in [6.45, 7) is 2.01. The molecule has 1 amide bonds. The highest BCUT2D eigenvalue weighted by molar-refractivity contribution is 5.94. The van der Waals surface area contributed by atoms with E-state index >= 15 is 0 Å². The third kappa shape index (κ3) is 4.98. The van der Waals surface area contributed by atoms with Crippen molar-refractivity contribution in [1.82, 2.24) is 15.2 Å². The van der Waals surface area contributed by atoms with Crippen LogP contribution in [0.1, 0.15) is 21.6 Å². The molecule has 4 aromatic carbocycles. The number of aromatic nitrogens is 2. The number of amides is 1. The molecule has 0 spiro atoms. The predicted molar refractivity (Wildman–Crippen MR) is 141 cm³/mol. The zero-order valence-electron chi connectivity index (χ0n) is 19.6. The van der Waals surface area contributed by atoms with Gasteiger partial charge in [-0.1, -0.05) is 84.9 Å². The number of rotatable bonds is 6. The van der Waals surface area contributed by atoms with E-state index in [1.165, 1.54) is 18.3 Å². The topological polar surface area (TPSA) is 59.3 Å². The van der Waals surface area contributed by atoms with E-state index in [9.17, 15) is 9.18 Å². The summed E-state index contributed by atoms with van der Waals surface area (Å²) < 4.78 is 14.9. The average Bonchev–Trinajstić information content (AvgIpc) is 3.36. The van der Waals surface area contributed by atoms with E-state index < -0.39 is 5.91 Å². The Bertz CT molecular complexity index is 1520. The molecule has 0 radical (unpaired) electrons. The second kappa shape index (κ2) is 10.2. The summed E-state index contributed by atoms with van der Waals surface area (Å²) in [5, 5.41) is 8.62. The van der Waals surface area contributed by atoms with Gasteiger partial charge in [-0.15, -0.1) is 0 Å². The molecule has 6 heteroatoms. The van der Waals surface area contributed by atoms with Crippen LogP contribution in [0.4, 0.5) is 4.39 Å². The molecule has 0 saturated heterocycles. The van der Waals surface area contributed by atoms with Crippen molar-refractivity contribution in [3.8, 4) is 28.1 Å². The summed E-state index contributed by atoms with van der Waals surface area (Å²) in [7, 11) is 0. The molecule has 0 fully saturated rings. The van der Waals surface area contributed by atoms with Gasteiger partial charge in [0.05, 0.1) is 17.6 Å². The van der Waals surface area contributed by atoms with E-state index in [2.05, 4.69) is 39.9 Å². The van der Waals surface area contributed by atoms with Crippen molar-refractivity contribution in [2.45, 2.75) is 6.92 Å². The van der Waals surface area contributed by atoms with Crippen LogP contribution in [0.3, 0.4) is 0 Å². The van der Waals surface area contributed by atoms with E-state index in [1.54, 1.807) is 22.9 Å². The fourth-order valence-electron chi connectivity index (χ4n) is 3.92. The van der Waals surface area contributed by atoms with Gasteiger partial charge in [0.2, 0.25) is 0 Å². The number of carbonyl (C=O) groups is 1. The van der Waals surface area contributed by atoms with Crippen LogP contribution in [0.15, 0.2) is 114 Å². The normalized spacial score (nSPS) is 11.1. The van der Waals surface area contributed by atoms with Gasteiger partial charge in [0.25, 0.3) is 5.91 Å². The lowest BCUT2D eigenvalue weighted by molar-refractivity contribution is 0.0949. The number of hydrazone groups is 1. The van der Waals surface area contributed by atoms with Crippen LogP contribution >= 0.6 is 0 Å². The lowest BCUT2D eigenvalue weighted by Crippen LogP contribution is -2.18. The summed E-state index contributed by atoms with van der Waals surface area (Å²) in [6, 6.07) is 33.8. The number of halogens is 1. The first-order chi connectivity index (χ1) is 17.6. The molecule has 5 nitrogen and oxygen atoms in total. The summed E-state index contributed by atoms with van der Waals surface area (Å²) in [5.74, 6) is -0.773. The number of nitrogens with zero attached hydrogens (tertiary/aromatic N) is 3.